The predicted molar refractivity (Wildman–Crippen MR) is 89.8 cm³/mol. The normalized spacial score (nSPS) is 11.5. The molecule has 0 aliphatic carbocycles. The highest BCUT2D eigenvalue weighted by Crippen LogP contribution is 2.10. The number of rotatable bonds is 8. The molecule has 2 N–H and O–H groups in total. The highest BCUT2D eigenvalue weighted by Gasteiger charge is 2.12. The average Bonchev–Trinajstić information content (AvgIpc) is 2.64. The molecular weight excluding hydrogens is 306 g/mol. The summed E-state index contributed by atoms with van der Waals surface area (Å²) in [7, 11) is 0. The van der Waals surface area contributed by atoms with Crippen molar-refractivity contribution in [2.24, 2.45) is 5.73 Å². The van der Waals surface area contributed by atoms with Crippen LogP contribution in [0.2, 0.25) is 0 Å². The van der Waals surface area contributed by atoms with E-state index in [0.717, 1.165) is 11.1 Å². The molecule has 5 heteroatoms. The molecule has 0 saturated heterocycles. The van der Waals surface area contributed by atoms with Crippen molar-refractivity contribution in [3.63, 3.8) is 0 Å². The maximum absolute atomic E-state index is 11.7. The van der Waals surface area contributed by atoms with Crippen LogP contribution in [-0.4, -0.2) is 18.5 Å². The fourth-order valence-corrected chi connectivity index (χ4v) is 2.07. The Morgan fingerprint density at radius 1 is 0.833 bits per heavy atom. The number of carbonyl (C=O) groups is 2. The van der Waals surface area contributed by atoms with Crippen LogP contribution in [0.5, 0.6) is 0 Å². The summed E-state index contributed by atoms with van der Waals surface area (Å²) in [5, 5.41) is 0. The summed E-state index contributed by atoms with van der Waals surface area (Å²) in [6.45, 7) is 0.287. The van der Waals surface area contributed by atoms with Gasteiger partial charge in [-0.3, -0.25) is 9.59 Å². The molecule has 0 saturated carbocycles. The fourth-order valence-electron chi connectivity index (χ4n) is 2.07. The van der Waals surface area contributed by atoms with E-state index < -0.39 is 11.9 Å². The number of carbonyl (C=O) groups excluding carboxylic acids is 2. The minimum absolute atomic E-state index is 0.00770. The molecule has 0 spiro atoms. The smallest absolute Gasteiger partial charge is 0.306 e. The van der Waals surface area contributed by atoms with Crippen molar-refractivity contribution in [2.45, 2.75) is 25.5 Å². The molecule has 0 bridgehead atoms. The van der Waals surface area contributed by atoms with Crippen molar-refractivity contribution in [1.82, 2.24) is 0 Å². The summed E-state index contributed by atoms with van der Waals surface area (Å²) in [6.07, 6.45) is -0.0264. The van der Waals surface area contributed by atoms with Gasteiger partial charge in [0.25, 0.3) is 0 Å². The van der Waals surface area contributed by atoms with E-state index in [1.165, 1.54) is 0 Å². The lowest BCUT2D eigenvalue weighted by Gasteiger charge is -2.12. The zero-order valence-corrected chi connectivity index (χ0v) is 13.4. The van der Waals surface area contributed by atoms with Crippen LogP contribution in [0, 0.1) is 0 Å². The first-order valence-corrected chi connectivity index (χ1v) is 7.81. The van der Waals surface area contributed by atoms with Crippen LogP contribution in [0.4, 0.5) is 0 Å². The molecule has 0 aliphatic rings. The summed E-state index contributed by atoms with van der Waals surface area (Å²) in [5.41, 5.74) is 7.74. The lowest BCUT2D eigenvalue weighted by Crippen LogP contribution is -2.20. The Hall–Kier alpha value is -2.66. The van der Waals surface area contributed by atoms with E-state index in [2.05, 4.69) is 0 Å². The van der Waals surface area contributed by atoms with Crippen molar-refractivity contribution in [3.8, 4) is 0 Å². The average molecular weight is 327 g/mol. The number of ether oxygens (including phenoxy) is 2. The third-order valence-corrected chi connectivity index (χ3v) is 3.43. The van der Waals surface area contributed by atoms with E-state index >= 15 is 0 Å². The second-order valence-corrected chi connectivity index (χ2v) is 5.35. The summed E-state index contributed by atoms with van der Waals surface area (Å²) in [6, 6.07) is 18.4. The third kappa shape index (κ3) is 6.22. The minimum Gasteiger partial charge on any atom is -0.464 e. The SMILES string of the molecule is N[C@H](COC(=O)CCC(=O)OCc1ccccc1)c1ccccc1. The van der Waals surface area contributed by atoms with Gasteiger partial charge >= 0.3 is 11.9 Å². The van der Waals surface area contributed by atoms with E-state index in [9.17, 15) is 9.59 Å². The van der Waals surface area contributed by atoms with Crippen molar-refractivity contribution >= 4 is 11.9 Å². The zero-order valence-electron chi connectivity index (χ0n) is 13.4. The van der Waals surface area contributed by atoms with Crippen LogP contribution >= 0.6 is 0 Å². The van der Waals surface area contributed by atoms with Gasteiger partial charge in [-0.05, 0) is 11.1 Å². The molecule has 0 aliphatic heterocycles. The Labute approximate surface area is 141 Å². The van der Waals surface area contributed by atoms with Gasteiger partial charge in [-0.1, -0.05) is 60.7 Å². The molecule has 2 aromatic carbocycles. The van der Waals surface area contributed by atoms with Gasteiger partial charge < -0.3 is 15.2 Å². The number of benzene rings is 2. The van der Waals surface area contributed by atoms with Crippen molar-refractivity contribution in [2.75, 3.05) is 6.61 Å². The highest BCUT2D eigenvalue weighted by molar-refractivity contribution is 5.77. The Kier molecular flexibility index (Phi) is 6.98. The van der Waals surface area contributed by atoms with Crippen molar-refractivity contribution in [1.29, 1.82) is 0 Å². The molecule has 2 rings (SSSR count). The molecule has 0 fully saturated rings. The molecule has 126 valence electrons. The summed E-state index contributed by atoms with van der Waals surface area (Å²) < 4.78 is 10.2. The first-order chi connectivity index (χ1) is 11.6. The molecule has 24 heavy (non-hydrogen) atoms. The Bertz CT molecular complexity index is 643. The minimum atomic E-state index is -0.460. The van der Waals surface area contributed by atoms with E-state index in [1.807, 2.05) is 60.7 Å². The van der Waals surface area contributed by atoms with Crippen LogP contribution < -0.4 is 5.73 Å². The number of hydrogen-bond acceptors (Lipinski definition) is 5. The first kappa shape index (κ1) is 17.7. The molecule has 0 amide bonds. The van der Waals surface area contributed by atoms with E-state index in [4.69, 9.17) is 15.2 Å². The van der Waals surface area contributed by atoms with Gasteiger partial charge in [-0.25, -0.2) is 0 Å². The maximum Gasteiger partial charge on any atom is 0.306 e. The van der Waals surface area contributed by atoms with Gasteiger partial charge in [0.05, 0.1) is 18.9 Å². The molecular formula is C19H21NO4. The van der Waals surface area contributed by atoms with Gasteiger partial charge in [-0.2, -0.15) is 0 Å². The van der Waals surface area contributed by atoms with Crippen LogP contribution in [0.1, 0.15) is 30.0 Å². The lowest BCUT2D eigenvalue weighted by molar-refractivity contribution is -0.151. The summed E-state index contributed by atoms with van der Waals surface area (Å²) in [5.74, 6) is -0.888. The third-order valence-electron chi connectivity index (χ3n) is 3.43. The Morgan fingerprint density at radius 3 is 2.00 bits per heavy atom. The molecule has 0 unspecified atom stereocenters. The zero-order chi connectivity index (χ0) is 17.2. The molecule has 5 nitrogen and oxygen atoms in total. The van der Waals surface area contributed by atoms with Crippen LogP contribution in [0.15, 0.2) is 60.7 Å². The molecule has 0 aromatic heterocycles. The monoisotopic (exact) mass is 327 g/mol. The number of nitrogens with two attached hydrogens (primary N) is 1. The summed E-state index contributed by atoms with van der Waals surface area (Å²) >= 11 is 0. The Morgan fingerprint density at radius 2 is 1.38 bits per heavy atom. The van der Waals surface area contributed by atoms with E-state index in [-0.39, 0.29) is 32.1 Å². The fraction of sp³-hybridized carbons (Fsp3) is 0.263. The highest BCUT2D eigenvalue weighted by atomic mass is 16.5. The maximum atomic E-state index is 11.7. The predicted octanol–water partition coefficient (Wildman–Crippen LogP) is 2.75. The second kappa shape index (κ2) is 9.47. The standard InChI is InChI=1S/C19H21NO4/c20-17(16-9-5-2-6-10-16)14-24-19(22)12-11-18(21)23-13-15-7-3-1-4-8-15/h1-10,17H,11-14,20H2/t17-/m1/s1. The van der Waals surface area contributed by atoms with Gasteiger partial charge in [0, 0.05) is 0 Å². The molecule has 2 aromatic rings. The number of esters is 2. The van der Waals surface area contributed by atoms with Crippen molar-refractivity contribution in [3.05, 3.63) is 71.8 Å². The molecule has 0 radical (unpaired) electrons. The van der Waals surface area contributed by atoms with E-state index in [0.29, 0.717) is 0 Å². The molecule has 0 heterocycles. The van der Waals surface area contributed by atoms with Crippen LogP contribution in [0.25, 0.3) is 0 Å². The van der Waals surface area contributed by atoms with Gasteiger partial charge in [0.1, 0.15) is 13.2 Å². The van der Waals surface area contributed by atoms with Gasteiger partial charge in [-0.15, -0.1) is 0 Å². The summed E-state index contributed by atoms with van der Waals surface area (Å²) in [4.78, 5) is 23.3. The van der Waals surface area contributed by atoms with Crippen LogP contribution in [0.3, 0.4) is 0 Å². The topological polar surface area (TPSA) is 78.6 Å². The first-order valence-electron chi connectivity index (χ1n) is 7.81. The largest absolute Gasteiger partial charge is 0.464 e. The number of hydrogen-bond donors (Lipinski definition) is 1. The van der Waals surface area contributed by atoms with Gasteiger partial charge in [0.15, 0.2) is 0 Å². The van der Waals surface area contributed by atoms with E-state index in [1.54, 1.807) is 0 Å². The van der Waals surface area contributed by atoms with Crippen molar-refractivity contribution < 1.29 is 19.1 Å². The van der Waals surface area contributed by atoms with Crippen LogP contribution in [-0.2, 0) is 25.7 Å². The van der Waals surface area contributed by atoms with Gasteiger partial charge in [0.2, 0.25) is 0 Å². The Balaban J connectivity index is 1.63. The second-order valence-electron chi connectivity index (χ2n) is 5.35. The lowest BCUT2D eigenvalue weighted by atomic mass is 10.1. The quantitative estimate of drug-likeness (QED) is 0.754. The molecule has 1 atom stereocenters.